The van der Waals surface area contributed by atoms with Crippen molar-refractivity contribution in [3.05, 3.63) is 46.0 Å². The molecule has 0 saturated heterocycles. The first-order chi connectivity index (χ1) is 7.58. The number of hydrogen-bond donors (Lipinski definition) is 1. The molecule has 2 rings (SSSR count). The van der Waals surface area contributed by atoms with Crippen LogP contribution in [-0.4, -0.2) is 0 Å². The van der Waals surface area contributed by atoms with Gasteiger partial charge in [-0.3, -0.25) is 0 Å². The molecule has 0 saturated carbocycles. The van der Waals surface area contributed by atoms with Crippen LogP contribution in [0.5, 0.6) is 0 Å². The van der Waals surface area contributed by atoms with Gasteiger partial charge < -0.3 is 5.73 Å². The summed E-state index contributed by atoms with van der Waals surface area (Å²) in [6.07, 6.45) is 0. The fraction of sp³-hybridized carbons (Fsp3) is 0.167. The highest BCUT2D eigenvalue weighted by molar-refractivity contribution is 7.15. The Morgan fingerprint density at radius 2 is 2.06 bits per heavy atom. The molecule has 0 spiro atoms. The summed E-state index contributed by atoms with van der Waals surface area (Å²) >= 11 is 7.21. The lowest BCUT2D eigenvalue weighted by Gasteiger charge is -2.00. The molecule has 0 fully saturated rings. The molecule has 1 aromatic heterocycles. The third kappa shape index (κ3) is 2.26. The molecule has 1 heterocycles. The number of benzene rings is 1. The normalized spacial score (nSPS) is 12.8. The molecule has 2 N–H and O–H groups in total. The van der Waals surface area contributed by atoms with Crippen LogP contribution < -0.4 is 5.73 Å². The average Bonchev–Trinajstić information content (AvgIpc) is 2.71. The fourth-order valence-electron chi connectivity index (χ4n) is 1.40. The van der Waals surface area contributed by atoms with Crippen LogP contribution in [-0.2, 0) is 0 Å². The number of halogens is 2. The summed E-state index contributed by atoms with van der Waals surface area (Å²) in [5.74, 6) is -0.394. The molecule has 4 heteroatoms. The van der Waals surface area contributed by atoms with Crippen LogP contribution in [0.1, 0.15) is 17.8 Å². The summed E-state index contributed by atoms with van der Waals surface area (Å²) in [4.78, 5) is 2.09. The lowest BCUT2D eigenvalue weighted by Crippen LogP contribution is -2.01. The van der Waals surface area contributed by atoms with Crippen molar-refractivity contribution < 1.29 is 4.39 Å². The molecule has 0 bridgehead atoms. The van der Waals surface area contributed by atoms with E-state index in [2.05, 4.69) is 0 Å². The van der Waals surface area contributed by atoms with E-state index in [-0.39, 0.29) is 11.1 Å². The Morgan fingerprint density at radius 1 is 1.31 bits per heavy atom. The highest BCUT2D eigenvalue weighted by atomic mass is 35.5. The highest BCUT2D eigenvalue weighted by Crippen LogP contribution is 2.32. The van der Waals surface area contributed by atoms with Crippen molar-refractivity contribution in [1.29, 1.82) is 0 Å². The third-order valence-electron chi connectivity index (χ3n) is 2.28. The van der Waals surface area contributed by atoms with E-state index in [1.165, 1.54) is 6.07 Å². The minimum Gasteiger partial charge on any atom is -0.324 e. The van der Waals surface area contributed by atoms with Gasteiger partial charge in [-0.05, 0) is 36.8 Å². The van der Waals surface area contributed by atoms with Gasteiger partial charge in [0.05, 0.1) is 5.02 Å². The molecule has 84 valence electrons. The first kappa shape index (κ1) is 11.6. The first-order valence-corrected chi connectivity index (χ1v) is 6.08. The minimum absolute atomic E-state index is 0.0101. The van der Waals surface area contributed by atoms with Gasteiger partial charge in [0.25, 0.3) is 0 Å². The van der Waals surface area contributed by atoms with Gasteiger partial charge in [-0.25, -0.2) is 4.39 Å². The SMILES string of the molecule is CC(N)c1ccc(-c2ccc(Cl)c(F)c2)s1. The van der Waals surface area contributed by atoms with Crippen LogP contribution in [0.3, 0.4) is 0 Å². The van der Waals surface area contributed by atoms with Gasteiger partial charge in [-0.15, -0.1) is 11.3 Å². The van der Waals surface area contributed by atoms with Crippen molar-refractivity contribution >= 4 is 22.9 Å². The van der Waals surface area contributed by atoms with E-state index in [1.807, 2.05) is 25.1 Å². The Kier molecular flexibility index (Phi) is 3.28. The summed E-state index contributed by atoms with van der Waals surface area (Å²) in [5, 5.41) is 0.146. The van der Waals surface area contributed by atoms with Gasteiger partial charge in [-0.1, -0.05) is 17.7 Å². The monoisotopic (exact) mass is 255 g/mol. The summed E-state index contributed by atoms with van der Waals surface area (Å²) in [6.45, 7) is 1.93. The van der Waals surface area contributed by atoms with Gasteiger partial charge in [0, 0.05) is 15.8 Å². The molecule has 1 atom stereocenters. The maximum absolute atomic E-state index is 13.3. The second-order valence-electron chi connectivity index (χ2n) is 3.62. The van der Waals surface area contributed by atoms with E-state index < -0.39 is 5.82 Å². The average molecular weight is 256 g/mol. The van der Waals surface area contributed by atoms with E-state index in [0.717, 1.165) is 15.3 Å². The fourth-order valence-corrected chi connectivity index (χ4v) is 2.48. The van der Waals surface area contributed by atoms with Crippen LogP contribution in [0, 0.1) is 5.82 Å². The van der Waals surface area contributed by atoms with Crippen molar-refractivity contribution in [1.82, 2.24) is 0 Å². The Labute approximate surface area is 103 Å². The van der Waals surface area contributed by atoms with E-state index >= 15 is 0 Å². The Balaban J connectivity index is 2.39. The van der Waals surface area contributed by atoms with Gasteiger partial charge in [0.15, 0.2) is 0 Å². The Hall–Kier alpha value is -0.900. The molecule has 0 aliphatic carbocycles. The zero-order chi connectivity index (χ0) is 11.7. The van der Waals surface area contributed by atoms with Gasteiger partial charge in [0.2, 0.25) is 0 Å². The smallest absolute Gasteiger partial charge is 0.142 e. The zero-order valence-electron chi connectivity index (χ0n) is 8.71. The van der Waals surface area contributed by atoms with Crippen molar-refractivity contribution in [2.24, 2.45) is 5.73 Å². The van der Waals surface area contributed by atoms with E-state index in [4.69, 9.17) is 17.3 Å². The number of rotatable bonds is 2. The molecule has 0 amide bonds. The third-order valence-corrected chi connectivity index (χ3v) is 3.92. The summed E-state index contributed by atoms with van der Waals surface area (Å²) < 4.78 is 13.3. The number of thiophene rings is 1. The highest BCUT2D eigenvalue weighted by Gasteiger charge is 2.08. The molecule has 0 aliphatic heterocycles. The van der Waals surface area contributed by atoms with Gasteiger partial charge >= 0.3 is 0 Å². The van der Waals surface area contributed by atoms with E-state index in [0.29, 0.717) is 0 Å². The van der Waals surface area contributed by atoms with E-state index in [1.54, 1.807) is 17.4 Å². The topological polar surface area (TPSA) is 26.0 Å². The lowest BCUT2D eigenvalue weighted by atomic mass is 10.2. The molecule has 1 nitrogen and oxygen atoms in total. The van der Waals surface area contributed by atoms with Crippen LogP contribution in [0.15, 0.2) is 30.3 Å². The van der Waals surface area contributed by atoms with Crippen molar-refractivity contribution in [3.63, 3.8) is 0 Å². The standard InChI is InChI=1S/C12H11ClFNS/c1-7(15)11-4-5-12(16-11)8-2-3-9(13)10(14)6-8/h2-7H,15H2,1H3. The maximum atomic E-state index is 13.3. The van der Waals surface area contributed by atoms with Crippen molar-refractivity contribution in [3.8, 4) is 10.4 Å². The van der Waals surface area contributed by atoms with E-state index in [9.17, 15) is 4.39 Å². The largest absolute Gasteiger partial charge is 0.324 e. The summed E-state index contributed by atoms with van der Waals surface area (Å²) in [7, 11) is 0. The zero-order valence-corrected chi connectivity index (χ0v) is 10.3. The van der Waals surface area contributed by atoms with Crippen LogP contribution >= 0.6 is 22.9 Å². The number of nitrogens with two attached hydrogens (primary N) is 1. The second kappa shape index (κ2) is 4.53. The molecule has 0 radical (unpaired) electrons. The molecule has 2 aromatic rings. The van der Waals surface area contributed by atoms with Crippen LogP contribution in [0.25, 0.3) is 10.4 Å². The summed E-state index contributed by atoms with van der Waals surface area (Å²) in [6, 6.07) is 8.75. The van der Waals surface area contributed by atoms with Crippen LogP contribution in [0.4, 0.5) is 4.39 Å². The minimum atomic E-state index is -0.394. The second-order valence-corrected chi connectivity index (χ2v) is 5.14. The lowest BCUT2D eigenvalue weighted by molar-refractivity contribution is 0.629. The van der Waals surface area contributed by atoms with Crippen molar-refractivity contribution in [2.75, 3.05) is 0 Å². The molecule has 1 aromatic carbocycles. The Bertz CT molecular complexity index is 507. The summed E-state index contributed by atoms with van der Waals surface area (Å²) in [5.41, 5.74) is 6.61. The predicted molar refractivity (Wildman–Crippen MR) is 67.3 cm³/mol. The van der Waals surface area contributed by atoms with Gasteiger partial charge in [0.1, 0.15) is 5.82 Å². The van der Waals surface area contributed by atoms with Crippen LogP contribution in [0.2, 0.25) is 5.02 Å². The first-order valence-electron chi connectivity index (χ1n) is 4.88. The van der Waals surface area contributed by atoms with Crippen molar-refractivity contribution in [2.45, 2.75) is 13.0 Å². The predicted octanol–water partition coefficient (Wildman–Crippen LogP) is 4.23. The molecule has 16 heavy (non-hydrogen) atoms. The quantitative estimate of drug-likeness (QED) is 0.854. The van der Waals surface area contributed by atoms with Gasteiger partial charge in [-0.2, -0.15) is 0 Å². The molecule has 0 aliphatic rings. The molecular weight excluding hydrogens is 245 g/mol. The Morgan fingerprint density at radius 3 is 2.62 bits per heavy atom. The molecule has 1 unspecified atom stereocenters. The molecular formula is C12H11ClFNS. The number of hydrogen-bond acceptors (Lipinski definition) is 2. The maximum Gasteiger partial charge on any atom is 0.142 e.